The van der Waals surface area contributed by atoms with Crippen molar-refractivity contribution in [1.82, 2.24) is 24.7 Å². The number of hydrogen-bond acceptors (Lipinski definition) is 6. The van der Waals surface area contributed by atoms with E-state index in [1.165, 1.54) is 0 Å². The minimum atomic E-state index is 0.00136. The van der Waals surface area contributed by atoms with Gasteiger partial charge in [0.1, 0.15) is 5.82 Å². The lowest BCUT2D eigenvalue weighted by molar-refractivity contribution is -0.120. The largest absolute Gasteiger partial charge is 0.355 e. The Hall–Kier alpha value is -3.29. The van der Waals surface area contributed by atoms with E-state index in [0.29, 0.717) is 6.54 Å². The third kappa shape index (κ3) is 4.28. The highest BCUT2D eigenvalue weighted by Crippen LogP contribution is 2.22. The van der Waals surface area contributed by atoms with E-state index in [4.69, 9.17) is 0 Å². The summed E-state index contributed by atoms with van der Waals surface area (Å²) in [7, 11) is 0. The van der Waals surface area contributed by atoms with Gasteiger partial charge in [0.2, 0.25) is 5.91 Å². The number of hydrogen-bond donors (Lipinski definition) is 1. The molecule has 1 saturated heterocycles. The summed E-state index contributed by atoms with van der Waals surface area (Å²) in [5.41, 5.74) is 1.84. The lowest BCUT2D eigenvalue weighted by Crippen LogP contribution is -2.38. The monoisotopic (exact) mass is 363 g/mol. The van der Waals surface area contributed by atoms with Crippen LogP contribution in [0.15, 0.2) is 55.5 Å². The van der Waals surface area contributed by atoms with Crippen molar-refractivity contribution in [3.05, 3.63) is 61.1 Å². The first-order valence-corrected chi connectivity index (χ1v) is 9.01. The molecule has 0 saturated carbocycles. The number of aromatic nitrogens is 5. The smallest absolute Gasteiger partial charge is 0.227 e. The predicted molar refractivity (Wildman–Crippen MR) is 101 cm³/mol. The first kappa shape index (κ1) is 17.1. The highest BCUT2D eigenvalue weighted by atomic mass is 16.1. The van der Waals surface area contributed by atoms with Crippen LogP contribution in [0.5, 0.6) is 0 Å². The molecule has 8 heteroatoms. The second-order valence-corrected chi connectivity index (χ2v) is 6.60. The van der Waals surface area contributed by atoms with E-state index >= 15 is 0 Å². The zero-order chi connectivity index (χ0) is 18.5. The minimum Gasteiger partial charge on any atom is -0.355 e. The van der Waals surface area contributed by atoms with Crippen molar-refractivity contribution in [1.29, 1.82) is 0 Å². The van der Waals surface area contributed by atoms with Crippen molar-refractivity contribution in [2.24, 2.45) is 5.92 Å². The number of piperidine rings is 1. The number of nitrogens with one attached hydrogen (secondary N) is 1. The normalized spacial score (nSPS) is 14.9. The Labute approximate surface area is 157 Å². The van der Waals surface area contributed by atoms with Gasteiger partial charge in [0, 0.05) is 50.0 Å². The zero-order valence-corrected chi connectivity index (χ0v) is 14.9. The molecular weight excluding hydrogens is 342 g/mol. The van der Waals surface area contributed by atoms with Gasteiger partial charge in [-0.3, -0.25) is 19.4 Å². The number of rotatable bonds is 5. The molecule has 138 valence electrons. The van der Waals surface area contributed by atoms with Crippen LogP contribution in [0.25, 0.3) is 0 Å². The minimum absolute atomic E-state index is 0.00136. The van der Waals surface area contributed by atoms with Gasteiger partial charge >= 0.3 is 0 Å². The van der Waals surface area contributed by atoms with E-state index in [1.807, 2.05) is 23.0 Å². The topological polar surface area (TPSA) is 88.8 Å². The fourth-order valence-corrected chi connectivity index (χ4v) is 3.26. The highest BCUT2D eigenvalue weighted by Gasteiger charge is 2.26. The molecule has 8 nitrogen and oxygen atoms in total. The van der Waals surface area contributed by atoms with E-state index in [1.54, 1.807) is 37.2 Å². The van der Waals surface area contributed by atoms with Crippen molar-refractivity contribution in [3.63, 3.8) is 0 Å². The molecule has 0 aliphatic carbocycles. The van der Waals surface area contributed by atoms with Crippen LogP contribution >= 0.6 is 0 Å². The molecule has 0 aromatic carbocycles. The van der Waals surface area contributed by atoms with Gasteiger partial charge in [-0.2, -0.15) is 5.10 Å². The fourth-order valence-electron chi connectivity index (χ4n) is 3.26. The number of amides is 1. The first-order chi connectivity index (χ1) is 13.3. The highest BCUT2D eigenvalue weighted by molar-refractivity contribution is 5.92. The summed E-state index contributed by atoms with van der Waals surface area (Å²) in [6.45, 7) is 2.26. The van der Waals surface area contributed by atoms with Crippen LogP contribution in [-0.2, 0) is 11.3 Å². The molecule has 1 N–H and O–H groups in total. The number of anilines is 2. The Kier molecular flexibility index (Phi) is 5.04. The van der Waals surface area contributed by atoms with Crippen LogP contribution in [0.3, 0.4) is 0 Å². The van der Waals surface area contributed by atoms with Gasteiger partial charge in [0.25, 0.3) is 0 Å². The van der Waals surface area contributed by atoms with Gasteiger partial charge in [-0.25, -0.2) is 4.98 Å². The van der Waals surface area contributed by atoms with Crippen molar-refractivity contribution in [2.45, 2.75) is 19.4 Å². The van der Waals surface area contributed by atoms with Gasteiger partial charge < -0.3 is 10.2 Å². The molecule has 0 bridgehead atoms. The predicted octanol–water partition coefficient (Wildman–Crippen LogP) is 1.97. The Morgan fingerprint density at radius 1 is 1.07 bits per heavy atom. The molecule has 1 fully saturated rings. The van der Waals surface area contributed by atoms with E-state index in [9.17, 15) is 4.79 Å². The molecular formula is C19H21N7O. The van der Waals surface area contributed by atoms with Gasteiger partial charge in [-0.1, -0.05) is 0 Å². The summed E-state index contributed by atoms with van der Waals surface area (Å²) in [6, 6.07) is 3.90. The number of carbonyl (C=O) groups is 1. The Balaban J connectivity index is 1.30. The molecule has 3 aromatic rings. The van der Waals surface area contributed by atoms with Crippen molar-refractivity contribution in [2.75, 3.05) is 23.3 Å². The molecule has 1 aliphatic heterocycles. The Morgan fingerprint density at radius 3 is 2.63 bits per heavy atom. The second-order valence-electron chi connectivity index (χ2n) is 6.60. The summed E-state index contributed by atoms with van der Waals surface area (Å²) in [6.07, 6.45) is 13.8. The molecule has 3 aromatic heterocycles. The molecule has 1 amide bonds. The number of pyridine rings is 1. The summed E-state index contributed by atoms with van der Waals surface area (Å²) >= 11 is 0. The van der Waals surface area contributed by atoms with Gasteiger partial charge in [-0.15, -0.1) is 0 Å². The second kappa shape index (κ2) is 7.94. The van der Waals surface area contributed by atoms with Crippen LogP contribution in [0.1, 0.15) is 18.4 Å². The summed E-state index contributed by atoms with van der Waals surface area (Å²) < 4.78 is 1.81. The van der Waals surface area contributed by atoms with E-state index in [2.05, 4.69) is 30.3 Å². The zero-order valence-electron chi connectivity index (χ0n) is 14.9. The Bertz CT molecular complexity index is 873. The summed E-state index contributed by atoms with van der Waals surface area (Å²) in [5, 5.41) is 7.31. The van der Waals surface area contributed by atoms with Crippen LogP contribution < -0.4 is 10.2 Å². The van der Waals surface area contributed by atoms with Gasteiger partial charge in [0.15, 0.2) is 0 Å². The molecule has 0 radical (unpaired) electrons. The van der Waals surface area contributed by atoms with Gasteiger partial charge in [0.05, 0.1) is 24.6 Å². The molecule has 4 heterocycles. The maximum Gasteiger partial charge on any atom is 0.227 e. The average Bonchev–Trinajstić information content (AvgIpc) is 3.16. The van der Waals surface area contributed by atoms with E-state index in [0.717, 1.165) is 43.0 Å². The Morgan fingerprint density at radius 2 is 1.89 bits per heavy atom. The maximum atomic E-state index is 12.6. The standard InChI is InChI=1S/C19H21N7O/c27-19(16-3-9-25(10-4-16)18-12-21-7-8-22-18)24-17-11-23-26(14-17)13-15-1-5-20-6-2-15/h1-2,5-8,11-12,14,16H,3-4,9-10,13H2,(H,24,27). The molecule has 4 rings (SSSR count). The molecule has 0 unspecified atom stereocenters. The quantitative estimate of drug-likeness (QED) is 0.746. The lowest BCUT2D eigenvalue weighted by Gasteiger charge is -2.31. The maximum absolute atomic E-state index is 12.6. The molecule has 27 heavy (non-hydrogen) atoms. The summed E-state index contributed by atoms with van der Waals surface area (Å²) in [5.74, 6) is 0.924. The van der Waals surface area contributed by atoms with Crippen LogP contribution in [0.4, 0.5) is 11.5 Å². The summed E-state index contributed by atoms with van der Waals surface area (Å²) in [4.78, 5) is 27.2. The number of nitrogens with zero attached hydrogens (tertiary/aromatic N) is 6. The molecule has 0 spiro atoms. The molecule has 1 aliphatic rings. The third-order valence-corrected chi connectivity index (χ3v) is 4.73. The molecule has 0 atom stereocenters. The van der Waals surface area contributed by atoms with Crippen LogP contribution in [-0.4, -0.2) is 43.7 Å². The average molecular weight is 363 g/mol. The van der Waals surface area contributed by atoms with E-state index in [-0.39, 0.29) is 11.8 Å². The SMILES string of the molecule is O=C(Nc1cnn(Cc2ccncc2)c1)C1CCN(c2cnccn2)CC1. The number of carbonyl (C=O) groups excluding carboxylic acids is 1. The van der Waals surface area contributed by atoms with Crippen LogP contribution in [0, 0.1) is 5.92 Å². The van der Waals surface area contributed by atoms with Gasteiger partial charge in [-0.05, 0) is 30.5 Å². The lowest BCUT2D eigenvalue weighted by atomic mass is 9.96. The van der Waals surface area contributed by atoms with Crippen molar-refractivity contribution < 1.29 is 4.79 Å². The van der Waals surface area contributed by atoms with Crippen LogP contribution in [0.2, 0.25) is 0 Å². The third-order valence-electron chi connectivity index (χ3n) is 4.73. The van der Waals surface area contributed by atoms with Crippen molar-refractivity contribution >= 4 is 17.4 Å². The first-order valence-electron chi connectivity index (χ1n) is 9.01. The van der Waals surface area contributed by atoms with Crippen molar-refractivity contribution in [3.8, 4) is 0 Å². The fraction of sp³-hybridized carbons (Fsp3) is 0.316. The van der Waals surface area contributed by atoms with E-state index < -0.39 is 0 Å².